The van der Waals surface area contributed by atoms with Crippen molar-refractivity contribution in [2.45, 2.75) is 71.4 Å². The summed E-state index contributed by atoms with van der Waals surface area (Å²) in [5.74, 6) is 0.305. The third-order valence-electron chi connectivity index (χ3n) is 7.64. The number of hydrogen-bond acceptors (Lipinski definition) is 9. The maximum Gasteiger partial charge on any atom is 0.416 e. The van der Waals surface area contributed by atoms with Crippen molar-refractivity contribution >= 4 is 23.5 Å². The maximum atomic E-state index is 14.0. The first-order valence-electron chi connectivity index (χ1n) is 16.0. The first kappa shape index (κ1) is 34.6. The number of benzene rings is 1. The van der Waals surface area contributed by atoms with Gasteiger partial charge in [0.05, 0.1) is 17.6 Å². The van der Waals surface area contributed by atoms with Gasteiger partial charge in [-0.25, -0.2) is 23.5 Å². The number of carbonyl (C=O) groups excluding carboxylic acids is 2. The molecule has 3 aromatic heterocycles. The van der Waals surface area contributed by atoms with E-state index in [1.54, 1.807) is 45.0 Å². The number of nitrogens with zero attached hydrogens (tertiary/aromatic N) is 4. The lowest BCUT2D eigenvalue weighted by Crippen LogP contribution is -2.38. The summed E-state index contributed by atoms with van der Waals surface area (Å²) in [5.41, 5.74) is 1.21. The molecule has 2 amide bonds. The van der Waals surface area contributed by atoms with Gasteiger partial charge in [-0.2, -0.15) is 5.10 Å². The van der Waals surface area contributed by atoms with E-state index >= 15 is 0 Å². The molecular weight excluding hydrogens is 624 g/mol. The van der Waals surface area contributed by atoms with Crippen LogP contribution in [0.3, 0.4) is 0 Å². The summed E-state index contributed by atoms with van der Waals surface area (Å²) < 4.78 is 39.3. The SMILES string of the molecule is CC(C)(C)OC(=O)N(CC1CC1)c1cc(-c2nc(C(=O)Nc3cn[nH]c3-c3ccc(CNCCCCCO)c(C(F)F)c3)co2)ccn1. The molecule has 4 aromatic rings. The van der Waals surface area contributed by atoms with E-state index in [2.05, 4.69) is 30.8 Å². The fourth-order valence-corrected chi connectivity index (χ4v) is 5.01. The van der Waals surface area contributed by atoms with Crippen molar-refractivity contribution in [3.63, 3.8) is 0 Å². The smallest absolute Gasteiger partial charge is 0.416 e. The van der Waals surface area contributed by atoms with Crippen LogP contribution in [0.15, 0.2) is 53.4 Å². The average molecular weight is 666 g/mol. The van der Waals surface area contributed by atoms with Gasteiger partial charge in [0, 0.05) is 42.6 Å². The summed E-state index contributed by atoms with van der Waals surface area (Å²) in [6.45, 7) is 6.94. The minimum atomic E-state index is -2.70. The number of rotatable bonds is 15. The van der Waals surface area contributed by atoms with Gasteiger partial charge in [-0.15, -0.1) is 0 Å². The Labute approximate surface area is 277 Å². The van der Waals surface area contributed by atoms with Gasteiger partial charge < -0.3 is 24.9 Å². The highest BCUT2D eigenvalue weighted by Crippen LogP contribution is 2.34. The Morgan fingerprint density at radius 1 is 1.15 bits per heavy atom. The standard InChI is InChI=1S/C34H41F2N7O5/c1-34(2,3)48-33(46)43(19-21-7-8-21)28-16-23(11-13-38-28)32-41-27(20-47-32)31(45)40-26-18-39-42-29(26)22-9-10-24(25(15-22)30(35)36)17-37-12-5-4-6-14-44/h9-11,13,15-16,18,20-21,30,37,44H,4-8,12,14,17,19H2,1-3H3,(H,39,42)(H,40,45). The van der Waals surface area contributed by atoms with Crippen LogP contribution in [0, 0.1) is 5.92 Å². The summed E-state index contributed by atoms with van der Waals surface area (Å²) in [6, 6.07) is 8.02. The van der Waals surface area contributed by atoms with Crippen molar-refractivity contribution < 1.29 is 32.6 Å². The summed E-state index contributed by atoms with van der Waals surface area (Å²) in [7, 11) is 0. The molecule has 0 radical (unpaired) electrons. The molecule has 12 nitrogen and oxygen atoms in total. The highest BCUT2D eigenvalue weighted by atomic mass is 19.3. The zero-order valence-electron chi connectivity index (χ0n) is 27.3. The first-order valence-corrected chi connectivity index (χ1v) is 16.0. The van der Waals surface area contributed by atoms with Gasteiger partial charge in [-0.3, -0.25) is 14.8 Å². The molecule has 3 heterocycles. The number of aliphatic hydroxyl groups is 1. The van der Waals surface area contributed by atoms with E-state index in [1.165, 1.54) is 29.6 Å². The lowest BCUT2D eigenvalue weighted by molar-refractivity contribution is 0.0577. The predicted molar refractivity (Wildman–Crippen MR) is 176 cm³/mol. The molecule has 0 bridgehead atoms. The molecule has 0 spiro atoms. The second-order valence-corrected chi connectivity index (χ2v) is 12.8. The van der Waals surface area contributed by atoms with Crippen LogP contribution in [0.5, 0.6) is 0 Å². The number of oxazole rings is 1. The molecule has 14 heteroatoms. The Morgan fingerprint density at radius 2 is 1.96 bits per heavy atom. The van der Waals surface area contributed by atoms with Gasteiger partial charge in [0.25, 0.3) is 12.3 Å². The highest BCUT2D eigenvalue weighted by molar-refractivity contribution is 6.04. The topological polar surface area (TPSA) is 158 Å². The molecular formula is C34H41F2N7O5. The Balaban J connectivity index is 1.28. The van der Waals surface area contributed by atoms with Crippen molar-refractivity contribution in [1.82, 2.24) is 25.5 Å². The molecule has 0 aliphatic heterocycles. The summed E-state index contributed by atoms with van der Waals surface area (Å²) >= 11 is 0. The lowest BCUT2D eigenvalue weighted by atomic mass is 10.0. The van der Waals surface area contributed by atoms with E-state index in [4.69, 9.17) is 14.3 Å². The average Bonchev–Trinajstić information content (AvgIpc) is 3.52. The molecule has 1 saturated carbocycles. The number of nitrogens with one attached hydrogen (secondary N) is 3. The molecule has 5 rings (SSSR count). The van der Waals surface area contributed by atoms with E-state index in [0.717, 1.165) is 25.7 Å². The molecule has 1 fully saturated rings. The Kier molecular flexibility index (Phi) is 11.2. The van der Waals surface area contributed by atoms with Crippen molar-refractivity contribution in [2.75, 3.05) is 29.9 Å². The minimum absolute atomic E-state index is 0.0221. The van der Waals surface area contributed by atoms with Crippen LogP contribution in [0.2, 0.25) is 0 Å². The monoisotopic (exact) mass is 665 g/mol. The van der Waals surface area contributed by atoms with E-state index in [-0.39, 0.29) is 36.0 Å². The van der Waals surface area contributed by atoms with Crippen molar-refractivity contribution in [2.24, 2.45) is 5.92 Å². The number of aliphatic hydroxyl groups excluding tert-OH is 1. The zero-order chi connectivity index (χ0) is 34.3. The van der Waals surface area contributed by atoms with Crippen LogP contribution >= 0.6 is 0 Å². The number of aromatic nitrogens is 4. The van der Waals surface area contributed by atoms with Gasteiger partial charge >= 0.3 is 6.09 Å². The van der Waals surface area contributed by atoms with Gasteiger partial charge in [-0.05, 0) is 89.1 Å². The number of halogens is 2. The molecule has 4 N–H and O–H groups in total. The third-order valence-corrected chi connectivity index (χ3v) is 7.64. The number of unbranched alkanes of at least 4 members (excludes halogenated alkanes) is 2. The summed E-state index contributed by atoms with van der Waals surface area (Å²) in [6.07, 6.45) is 5.38. The van der Waals surface area contributed by atoms with E-state index in [1.807, 2.05) is 0 Å². The number of alkyl halides is 2. The van der Waals surface area contributed by atoms with Gasteiger partial charge in [0.15, 0.2) is 5.69 Å². The third kappa shape index (κ3) is 9.22. The molecule has 1 aliphatic rings. The van der Waals surface area contributed by atoms with Gasteiger partial charge in [0.2, 0.25) is 5.89 Å². The van der Waals surface area contributed by atoms with Crippen molar-refractivity contribution in [3.8, 4) is 22.7 Å². The number of hydrogen-bond donors (Lipinski definition) is 4. The fourth-order valence-electron chi connectivity index (χ4n) is 5.01. The molecule has 0 saturated heterocycles. The number of amides is 2. The number of ether oxygens (including phenoxy) is 1. The van der Waals surface area contributed by atoms with Crippen LogP contribution in [0.4, 0.5) is 25.1 Å². The zero-order valence-corrected chi connectivity index (χ0v) is 27.3. The van der Waals surface area contributed by atoms with Crippen molar-refractivity contribution in [3.05, 3.63) is 65.8 Å². The van der Waals surface area contributed by atoms with Crippen LogP contribution in [0.25, 0.3) is 22.7 Å². The van der Waals surface area contributed by atoms with Gasteiger partial charge in [-0.1, -0.05) is 12.1 Å². The predicted octanol–water partition coefficient (Wildman–Crippen LogP) is 6.72. The van der Waals surface area contributed by atoms with Gasteiger partial charge in [0.1, 0.15) is 17.7 Å². The highest BCUT2D eigenvalue weighted by Gasteiger charge is 2.31. The minimum Gasteiger partial charge on any atom is -0.444 e. The normalized spacial score (nSPS) is 13.1. The molecule has 1 aromatic carbocycles. The van der Waals surface area contributed by atoms with Crippen LogP contribution in [-0.2, 0) is 11.3 Å². The van der Waals surface area contributed by atoms with E-state index in [9.17, 15) is 18.4 Å². The van der Waals surface area contributed by atoms with Crippen LogP contribution < -0.4 is 15.5 Å². The number of carbonyl (C=O) groups is 2. The summed E-state index contributed by atoms with van der Waals surface area (Å²) in [5, 5.41) is 21.6. The fraction of sp³-hybridized carbons (Fsp3) is 0.441. The molecule has 1 aliphatic carbocycles. The first-order chi connectivity index (χ1) is 23.0. The van der Waals surface area contributed by atoms with Crippen LogP contribution in [0.1, 0.15) is 80.9 Å². The Morgan fingerprint density at radius 3 is 2.69 bits per heavy atom. The largest absolute Gasteiger partial charge is 0.444 e. The lowest BCUT2D eigenvalue weighted by Gasteiger charge is -2.27. The number of anilines is 2. The second kappa shape index (κ2) is 15.5. The molecule has 0 atom stereocenters. The Hall–Kier alpha value is -4.69. The van der Waals surface area contributed by atoms with Crippen LogP contribution in [-0.4, -0.2) is 62.6 Å². The van der Waals surface area contributed by atoms with Crippen molar-refractivity contribution in [1.29, 1.82) is 0 Å². The molecule has 0 unspecified atom stereocenters. The second-order valence-electron chi connectivity index (χ2n) is 12.8. The molecule has 256 valence electrons. The van der Waals surface area contributed by atoms with E-state index < -0.39 is 24.0 Å². The molecule has 48 heavy (non-hydrogen) atoms. The quantitative estimate of drug-likeness (QED) is 0.101. The number of pyridine rings is 1. The maximum absolute atomic E-state index is 14.0. The van der Waals surface area contributed by atoms with E-state index in [0.29, 0.717) is 53.6 Å². The summed E-state index contributed by atoms with van der Waals surface area (Å²) in [4.78, 5) is 36.5. The Bertz CT molecular complexity index is 1700. The number of H-pyrrole nitrogens is 1. The number of aromatic amines is 1.